The van der Waals surface area contributed by atoms with Crippen LogP contribution >= 0.6 is 15.9 Å². The number of nitrogens with zero attached hydrogens (tertiary/aromatic N) is 1. The lowest BCUT2D eigenvalue weighted by Gasteiger charge is -1.93. The van der Waals surface area contributed by atoms with E-state index in [1.165, 1.54) is 12.1 Å². The minimum Gasteiger partial charge on any atom is -0.356 e. The summed E-state index contributed by atoms with van der Waals surface area (Å²) in [5, 5.41) is 4.43. The first-order valence-corrected chi connectivity index (χ1v) is 5.19. The van der Waals surface area contributed by atoms with Crippen molar-refractivity contribution in [2.75, 3.05) is 0 Å². The molecule has 0 aliphatic rings. The molecule has 0 amide bonds. The Morgan fingerprint density at radius 2 is 2.21 bits per heavy atom. The Balaban J connectivity index is 2.39. The molecule has 0 atom stereocenters. The van der Waals surface area contributed by atoms with Gasteiger partial charge in [-0.25, -0.2) is 4.39 Å². The van der Waals surface area contributed by atoms with Gasteiger partial charge in [0.2, 0.25) is 0 Å². The second-order valence-corrected chi connectivity index (χ2v) is 3.39. The summed E-state index contributed by atoms with van der Waals surface area (Å²) in [6.07, 6.45) is 0. The van der Waals surface area contributed by atoms with Gasteiger partial charge < -0.3 is 4.52 Å². The molecule has 0 N–H and O–H groups in total. The molecule has 0 spiro atoms. The van der Waals surface area contributed by atoms with Crippen molar-refractivity contribution in [2.24, 2.45) is 0 Å². The van der Waals surface area contributed by atoms with Gasteiger partial charge in [-0.1, -0.05) is 33.2 Å². The molecule has 4 heteroatoms. The van der Waals surface area contributed by atoms with Gasteiger partial charge in [0.15, 0.2) is 5.76 Å². The first kappa shape index (κ1) is 9.40. The lowest BCUT2D eigenvalue weighted by molar-refractivity contribution is 0.426. The molecule has 0 saturated carbocycles. The largest absolute Gasteiger partial charge is 0.356 e. The molecule has 0 aliphatic carbocycles. The van der Waals surface area contributed by atoms with E-state index in [-0.39, 0.29) is 5.82 Å². The van der Waals surface area contributed by atoms with Crippen molar-refractivity contribution in [3.8, 4) is 11.3 Å². The number of halogens is 2. The number of aromatic nitrogens is 1. The fourth-order valence-corrected chi connectivity index (χ4v) is 1.42. The summed E-state index contributed by atoms with van der Waals surface area (Å²) in [6, 6.07) is 8.01. The van der Waals surface area contributed by atoms with E-state index in [4.69, 9.17) is 4.52 Å². The summed E-state index contributed by atoms with van der Waals surface area (Å²) in [5.74, 6) is 0.304. The van der Waals surface area contributed by atoms with E-state index in [9.17, 15) is 4.39 Å². The molecule has 2 nitrogen and oxygen atoms in total. The van der Waals surface area contributed by atoms with Crippen LogP contribution in [0, 0.1) is 5.82 Å². The van der Waals surface area contributed by atoms with E-state index in [2.05, 4.69) is 21.1 Å². The van der Waals surface area contributed by atoms with Gasteiger partial charge in [-0.2, -0.15) is 0 Å². The smallest absolute Gasteiger partial charge is 0.167 e. The Labute approximate surface area is 88.9 Å². The number of alkyl halides is 1. The van der Waals surface area contributed by atoms with Crippen LogP contribution in [-0.4, -0.2) is 5.16 Å². The first-order chi connectivity index (χ1) is 6.79. The van der Waals surface area contributed by atoms with Gasteiger partial charge in [-0.05, 0) is 12.1 Å². The maximum Gasteiger partial charge on any atom is 0.167 e. The van der Waals surface area contributed by atoms with Crippen LogP contribution in [-0.2, 0) is 5.33 Å². The van der Waals surface area contributed by atoms with Crippen LogP contribution in [0.1, 0.15) is 5.69 Å². The highest BCUT2D eigenvalue weighted by atomic mass is 79.9. The van der Waals surface area contributed by atoms with Crippen molar-refractivity contribution in [1.29, 1.82) is 0 Å². The van der Waals surface area contributed by atoms with E-state index in [1.54, 1.807) is 18.2 Å². The Bertz CT molecular complexity index is 441. The molecule has 0 aliphatic heterocycles. The molecule has 1 aromatic carbocycles. The molecule has 0 unspecified atom stereocenters. The van der Waals surface area contributed by atoms with Crippen molar-refractivity contribution in [1.82, 2.24) is 5.16 Å². The zero-order valence-corrected chi connectivity index (χ0v) is 8.79. The average molecular weight is 256 g/mol. The summed E-state index contributed by atoms with van der Waals surface area (Å²) >= 11 is 3.26. The molecule has 72 valence electrons. The number of rotatable bonds is 2. The van der Waals surface area contributed by atoms with Crippen LogP contribution in [0.5, 0.6) is 0 Å². The number of hydrogen-bond acceptors (Lipinski definition) is 2. The standard InChI is InChI=1S/C10H7BrFNO/c11-6-9-5-10(14-13-9)7-2-1-3-8(12)4-7/h1-5H,6H2. The zero-order valence-electron chi connectivity index (χ0n) is 7.21. The lowest BCUT2D eigenvalue weighted by Crippen LogP contribution is -1.76. The SMILES string of the molecule is Fc1cccc(-c2cc(CBr)no2)c1. The van der Waals surface area contributed by atoms with E-state index < -0.39 is 0 Å². The fraction of sp³-hybridized carbons (Fsp3) is 0.100. The highest BCUT2D eigenvalue weighted by Gasteiger charge is 2.05. The summed E-state index contributed by atoms with van der Waals surface area (Å²) in [5.41, 5.74) is 1.49. The van der Waals surface area contributed by atoms with E-state index in [0.29, 0.717) is 16.7 Å². The maximum absolute atomic E-state index is 12.9. The zero-order chi connectivity index (χ0) is 9.97. The first-order valence-electron chi connectivity index (χ1n) is 4.07. The summed E-state index contributed by atoms with van der Waals surface area (Å²) in [7, 11) is 0. The quantitative estimate of drug-likeness (QED) is 0.770. The van der Waals surface area contributed by atoms with Gasteiger partial charge in [-0.3, -0.25) is 0 Å². The predicted molar refractivity (Wildman–Crippen MR) is 54.5 cm³/mol. The van der Waals surface area contributed by atoms with Crippen molar-refractivity contribution in [3.63, 3.8) is 0 Å². The van der Waals surface area contributed by atoms with Gasteiger partial charge in [0.1, 0.15) is 5.82 Å². The molecule has 2 rings (SSSR count). The van der Waals surface area contributed by atoms with E-state index in [0.717, 1.165) is 5.69 Å². The molecule has 1 aromatic heterocycles. The third kappa shape index (κ3) is 1.85. The van der Waals surface area contributed by atoms with Crippen molar-refractivity contribution < 1.29 is 8.91 Å². The molecule has 2 aromatic rings. The van der Waals surface area contributed by atoms with Crippen molar-refractivity contribution >= 4 is 15.9 Å². The monoisotopic (exact) mass is 255 g/mol. The molecule has 0 bridgehead atoms. The molecule has 0 fully saturated rings. The molecule has 14 heavy (non-hydrogen) atoms. The Morgan fingerprint density at radius 3 is 2.86 bits per heavy atom. The molecule has 0 radical (unpaired) electrons. The normalized spacial score (nSPS) is 10.4. The molecule has 1 heterocycles. The van der Waals surface area contributed by atoms with Crippen LogP contribution in [0.15, 0.2) is 34.9 Å². The highest BCUT2D eigenvalue weighted by molar-refractivity contribution is 9.08. The molecular weight excluding hydrogens is 249 g/mol. The van der Waals surface area contributed by atoms with E-state index >= 15 is 0 Å². The van der Waals surface area contributed by atoms with Gasteiger partial charge in [0, 0.05) is 17.0 Å². The average Bonchev–Trinajstić information content (AvgIpc) is 2.66. The van der Waals surface area contributed by atoms with Crippen LogP contribution in [0.4, 0.5) is 4.39 Å². The Hall–Kier alpha value is -1.16. The van der Waals surface area contributed by atoms with Crippen LogP contribution in [0.25, 0.3) is 11.3 Å². The second-order valence-electron chi connectivity index (χ2n) is 2.83. The van der Waals surface area contributed by atoms with Gasteiger partial charge in [0.25, 0.3) is 0 Å². The Kier molecular flexibility index (Phi) is 2.63. The third-order valence-electron chi connectivity index (χ3n) is 1.81. The number of benzene rings is 1. The van der Waals surface area contributed by atoms with Crippen LogP contribution < -0.4 is 0 Å². The minimum atomic E-state index is -0.278. The maximum atomic E-state index is 12.9. The van der Waals surface area contributed by atoms with Crippen LogP contribution in [0.3, 0.4) is 0 Å². The summed E-state index contributed by atoms with van der Waals surface area (Å²) < 4.78 is 17.9. The lowest BCUT2D eigenvalue weighted by atomic mass is 10.1. The van der Waals surface area contributed by atoms with Gasteiger partial charge in [-0.15, -0.1) is 0 Å². The summed E-state index contributed by atoms with van der Waals surface area (Å²) in [6.45, 7) is 0. The minimum absolute atomic E-state index is 0.278. The number of hydrogen-bond donors (Lipinski definition) is 0. The third-order valence-corrected chi connectivity index (χ3v) is 2.38. The molecule has 0 saturated heterocycles. The predicted octanol–water partition coefficient (Wildman–Crippen LogP) is 3.38. The molecular formula is C10H7BrFNO. The Morgan fingerprint density at radius 1 is 1.36 bits per heavy atom. The summed E-state index contributed by atoms with van der Waals surface area (Å²) in [4.78, 5) is 0. The van der Waals surface area contributed by atoms with Crippen molar-refractivity contribution in [2.45, 2.75) is 5.33 Å². The topological polar surface area (TPSA) is 26.0 Å². The van der Waals surface area contributed by atoms with Crippen molar-refractivity contribution in [3.05, 3.63) is 41.8 Å². The van der Waals surface area contributed by atoms with Crippen LogP contribution in [0.2, 0.25) is 0 Å². The fourth-order valence-electron chi connectivity index (χ4n) is 1.15. The van der Waals surface area contributed by atoms with E-state index in [1.807, 2.05) is 0 Å². The van der Waals surface area contributed by atoms with Gasteiger partial charge in [0.05, 0.1) is 5.69 Å². The van der Waals surface area contributed by atoms with Gasteiger partial charge >= 0.3 is 0 Å². The highest BCUT2D eigenvalue weighted by Crippen LogP contribution is 2.21. The second kappa shape index (κ2) is 3.92.